The smallest absolute Gasteiger partial charge is 0.300 e. The molecule has 0 aromatic heterocycles. The van der Waals surface area contributed by atoms with E-state index in [0.29, 0.717) is 0 Å². The van der Waals surface area contributed by atoms with E-state index in [4.69, 9.17) is 54.2 Å². The van der Waals surface area contributed by atoms with Crippen LogP contribution in [-0.2, 0) is 28.7 Å². The molecule has 0 aromatic carbocycles. The Morgan fingerprint density at radius 1 is 0.839 bits per heavy atom. The Balaban J connectivity index is -0.000000187. The second-order valence-corrected chi connectivity index (χ2v) is 5.39. The summed E-state index contributed by atoms with van der Waals surface area (Å²) in [5, 5.41) is 66.9. The fourth-order valence-corrected chi connectivity index (χ4v) is 1.43. The highest BCUT2D eigenvalue weighted by Crippen LogP contribution is 2.21. The lowest BCUT2D eigenvalue weighted by molar-refractivity contribution is -0.294. The molecule has 0 unspecified atom stereocenters. The summed E-state index contributed by atoms with van der Waals surface area (Å²) >= 11 is 0. The van der Waals surface area contributed by atoms with Gasteiger partial charge in [0, 0.05) is 27.7 Å². The number of carboxylic acid groups (broad SMARTS) is 4. The predicted octanol–water partition coefficient (Wildman–Crippen LogP) is -1.65. The zero-order valence-corrected chi connectivity index (χ0v) is 17.6. The van der Waals surface area contributed by atoms with Gasteiger partial charge in [-0.15, -0.1) is 6.58 Å². The summed E-state index contributed by atoms with van der Waals surface area (Å²) in [6, 6.07) is 0. The van der Waals surface area contributed by atoms with Crippen LogP contribution in [0.2, 0.25) is 0 Å². The van der Waals surface area contributed by atoms with E-state index in [1.807, 2.05) is 0 Å². The first kappa shape index (κ1) is 35.8. The number of aliphatic hydroxyl groups is 4. The Bertz CT molecular complexity index is 457. The number of hydrogen-bond donors (Lipinski definition) is 8. The van der Waals surface area contributed by atoms with Crippen LogP contribution in [-0.4, -0.2) is 109 Å². The standard InChI is InChI=1S/C9H16O6.4C2H4O2/c1-2-3-14-8-7(12)6(11)5(4-10)15-9(8)13;4*1-2(3)4/h2,5-13H,1,3-4H2;4*1H3,(H,3,4)/t5-,6+,7+,8-,9-;;;;/m1..../s1. The van der Waals surface area contributed by atoms with Crippen LogP contribution in [0.3, 0.4) is 0 Å². The molecular formula is C17H32O14. The Labute approximate surface area is 178 Å². The second-order valence-electron chi connectivity index (χ2n) is 5.39. The van der Waals surface area contributed by atoms with Gasteiger partial charge in [-0.1, -0.05) is 6.08 Å². The molecule has 5 atom stereocenters. The van der Waals surface area contributed by atoms with Gasteiger partial charge in [-0.3, -0.25) is 19.2 Å². The quantitative estimate of drug-likeness (QED) is 0.219. The molecule has 0 aliphatic carbocycles. The van der Waals surface area contributed by atoms with Gasteiger partial charge in [0.25, 0.3) is 23.9 Å². The highest BCUT2D eigenvalue weighted by atomic mass is 16.7. The third-order valence-corrected chi connectivity index (χ3v) is 2.25. The van der Waals surface area contributed by atoms with Crippen molar-refractivity contribution in [1.29, 1.82) is 0 Å². The first-order chi connectivity index (χ1) is 14.0. The molecule has 1 heterocycles. The number of aliphatic hydroxyl groups excluding tert-OH is 4. The van der Waals surface area contributed by atoms with Crippen molar-refractivity contribution in [2.24, 2.45) is 0 Å². The van der Waals surface area contributed by atoms with Gasteiger partial charge in [-0.05, 0) is 0 Å². The maximum absolute atomic E-state index is 9.58. The van der Waals surface area contributed by atoms with Gasteiger partial charge in [0.2, 0.25) is 0 Å². The van der Waals surface area contributed by atoms with E-state index in [1.165, 1.54) is 6.08 Å². The van der Waals surface area contributed by atoms with Crippen LogP contribution in [0.15, 0.2) is 12.7 Å². The summed E-state index contributed by atoms with van der Waals surface area (Å²) in [5.74, 6) is -3.33. The van der Waals surface area contributed by atoms with Crippen molar-refractivity contribution in [1.82, 2.24) is 0 Å². The summed E-state index contributed by atoms with van der Waals surface area (Å²) in [6.45, 7) is 7.39. The SMILES string of the molecule is C=CCO[C@@H]1[C@@H](O)[C@@H](O)[C@@H](CO)O[C@H]1O.CC(=O)O.CC(=O)O.CC(=O)O.CC(=O)O. The first-order valence-corrected chi connectivity index (χ1v) is 8.36. The molecule has 1 rings (SSSR count). The van der Waals surface area contributed by atoms with E-state index in [-0.39, 0.29) is 6.61 Å². The van der Waals surface area contributed by atoms with E-state index in [1.54, 1.807) is 0 Å². The molecule has 0 bridgehead atoms. The lowest BCUT2D eigenvalue weighted by Crippen LogP contribution is -2.59. The molecule has 1 aliphatic rings. The molecule has 0 saturated carbocycles. The summed E-state index contributed by atoms with van der Waals surface area (Å²) in [5.41, 5.74) is 0. The van der Waals surface area contributed by atoms with Crippen molar-refractivity contribution in [2.45, 2.75) is 58.4 Å². The first-order valence-electron chi connectivity index (χ1n) is 8.36. The monoisotopic (exact) mass is 460 g/mol. The summed E-state index contributed by atoms with van der Waals surface area (Å²) in [7, 11) is 0. The van der Waals surface area contributed by atoms with Crippen molar-refractivity contribution in [3.05, 3.63) is 12.7 Å². The zero-order chi connectivity index (χ0) is 25.7. The Hall–Kier alpha value is -2.62. The van der Waals surface area contributed by atoms with E-state index in [9.17, 15) is 15.3 Å². The fraction of sp³-hybridized carbons (Fsp3) is 0.647. The maximum atomic E-state index is 9.58. The zero-order valence-electron chi connectivity index (χ0n) is 17.6. The highest BCUT2D eigenvalue weighted by molar-refractivity contribution is 5.63. The Kier molecular flexibility index (Phi) is 25.5. The minimum Gasteiger partial charge on any atom is -0.481 e. The molecular weight excluding hydrogens is 428 g/mol. The molecule has 0 amide bonds. The van der Waals surface area contributed by atoms with E-state index >= 15 is 0 Å². The van der Waals surface area contributed by atoms with Gasteiger partial charge in [-0.2, -0.15) is 0 Å². The molecule has 0 radical (unpaired) electrons. The molecule has 14 nitrogen and oxygen atoms in total. The van der Waals surface area contributed by atoms with Gasteiger partial charge in [0.1, 0.15) is 24.4 Å². The third kappa shape index (κ3) is 32.3. The molecule has 1 fully saturated rings. The lowest BCUT2D eigenvalue weighted by Gasteiger charge is -2.39. The topological polar surface area (TPSA) is 249 Å². The second kappa shape index (κ2) is 22.1. The number of hydrogen-bond acceptors (Lipinski definition) is 10. The normalized spacial score (nSPS) is 23.3. The van der Waals surface area contributed by atoms with Crippen molar-refractivity contribution in [3.8, 4) is 0 Å². The predicted molar refractivity (Wildman–Crippen MR) is 103 cm³/mol. The van der Waals surface area contributed by atoms with Gasteiger partial charge in [-0.25, -0.2) is 0 Å². The lowest BCUT2D eigenvalue weighted by atomic mass is 9.99. The summed E-state index contributed by atoms with van der Waals surface area (Å²) in [4.78, 5) is 36.0. The van der Waals surface area contributed by atoms with E-state index in [0.717, 1.165) is 27.7 Å². The van der Waals surface area contributed by atoms with Crippen molar-refractivity contribution in [2.75, 3.05) is 13.2 Å². The van der Waals surface area contributed by atoms with Crippen LogP contribution >= 0.6 is 0 Å². The Morgan fingerprint density at radius 3 is 1.42 bits per heavy atom. The molecule has 1 aliphatic heterocycles. The van der Waals surface area contributed by atoms with Gasteiger partial charge < -0.3 is 50.3 Å². The van der Waals surface area contributed by atoms with E-state index in [2.05, 4.69) is 6.58 Å². The maximum Gasteiger partial charge on any atom is 0.300 e. The van der Waals surface area contributed by atoms with Crippen LogP contribution in [0, 0.1) is 0 Å². The molecule has 1 saturated heterocycles. The van der Waals surface area contributed by atoms with Crippen LogP contribution in [0.5, 0.6) is 0 Å². The van der Waals surface area contributed by atoms with Crippen molar-refractivity contribution >= 4 is 23.9 Å². The largest absolute Gasteiger partial charge is 0.481 e. The highest BCUT2D eigenvalue weighted by Gasteiger charge is 2.44. The van der Waals surface area contributed by atoms with Crippen LogP contribution in [0.25, 0.3) is 0 Å². The number of rotatable bonds is 4. The van der Waals surface area contributed by atoms with Crippen LogP contribution in [0.4, 0.5) is 0 Å². The minimum absolute atomic E-state index is 0.124. The number of carboxylic acids is 4. The fourth-order valence-electron chi connectivity index (χ4n) is 1.43. The van der Waals surface area contributed by atoms with Crippen molar-refractivity contribution in [3.63, 3.8) is 0 Å². The van der Waals surface area contributed by atoms with Crippen LogP contribution < -0.4 is 0 Å². The van der Waals surface area contributed by atoms with Crippen molar-refractivity contribution < 1.29 is 69.5 Å². The molecule has 184 valence electrons. The number of ether oxygens (including phenoxy) is 2. The molecule has 14 heteroatoms. The van der Waals surface area contributed by atoms with Gasteiger partial charge >= 0.3 is 0 Å². The summed E-state index contributed by atoms with van der Waals surface area (Å²) < 4.78 is 9.90. The van der Waals surface area contributed by atoms with E-state index < -0.39 is 61.2 Å². The third-order valence-electron chi connectivity index (χ3n) is 2.25. The Morgan fingerprint density at radius 2 is 1.16 bits per heavy atom. The number of carbonyl (C=O) groups is 4. The van der Waals surface area contributed by atoms with Crippen LogP contribution in [0.1, 0.15) is 27.7 Å². The van der Waals surface area contributed by atoms with Gasteiger partial charge in [0.05, 0.1) is 13.2 Å². The summed E-state index contributed by atoms with van der Waals surface area (Å²) in [6.07, 6.45) is -4.55. The molecule has 0 spiro atoms. The average molecular weight is 460 g/mol. The molecule has 0 aromatic rings. The molecule has 8 N–H and O–H groups in total. The number of aliphatic carboxylic acids is 4. The minimum atomic E-state index is -1.37. The van der Waals surface area contributed by atoms with Gasteiger partial charge in [0.15, 0.2) is 6.29 Å². The average Bonchev–Trinajstić information content (AvgIpc) is 2.56. The molecule has 31 heavy (non-hydrogen) atoms.